The molecule has 7 heteroatoms. The summed E-state index contributed by atoms with van der Waals surface area (Å²) in [6, 6.07) is -0.823. The molecular weight excluding hydrogens is 270 g/mol. The average Bonchev–Trinajstić information content (AvgIpc) is 2.45. The fourth-order valence-electron chi connectivity index (χ4n) is 2.81. The van der Waals surface area contributed by atoms with E-state index in [1.165, 1.54) is 23.6 Å². The maximum Gasteiger partial charge on any atom is 0.327 e. The molecule has 0 spiro atoms. The van der Waals surface area contributed by atoms with Crippen LogP contribution in [0, 0.1) is 5.92 Å². The van der Waals surface area contributed by atoms with Crippen molar-refractivity contribution in [3.8, 4) is 0 Å². The molecule has 19 heavy (non-hydrogen) atoms. The standard InChI is InChI=1S/C12H17NO5S/c1-5(18-6(2)14)7-9(15)13-8(11(16)17)12(3,4)19-10(7)13/h5,7-8,10H,1-4H3,(H,16,17)/t5?,7?,8-,10+/m0/s1. The molecule has 0 aromatic carbocycles. The molecule has 0 aliphatic carbocycles. The van der Waals surface area contributed by atoms with Crippen molar-refractivity contribution in [1.29, 1.82) is 0 Å². The second kappa shape index (κ2) is 4.40. The SMILES string of the molecule is CC(=O)OC(C)C1C(=O)N2[C@@H]1SC(C)(C)[C@@H]2C(=O)O. The van der Waals surface area contributed by atoms with E-state index in [0.717, 1.165) is 0 Å². The molecule has 1 N–H and O–H groups in total. The number of fused-ring (bicyclic) bond motifs is 1. The number of carboxylic acid groups (broad SMARTS) is 1. The van der Waals surface area contributed by atoms with Gasteiger partial charge in [-0.05, 0) is 20.8 Å². The molecule has 2 rings (SSSR count). The van der Waals surface area contributed by atoms with Gasteiger partial charge in [0, 0.05) is 11.7 Å². The van der Waals surface area contributed by atoms with Gasteiger partial charge in [0.1, 0.15) is 18.1 Å². The Kier molecular flexibility index (Phi) is 3.28. The van der Waals surface area contributed by atoms with E-state index in [4.69, 9.17) is 4.74 Å². The van der Waals surface area contributed by atoms with E-state index in [1.54, 1.807) is 6.92 Å². The number of carbonyl (C=O) groups excluding carboxylic acids is 2. The van der Waals surface area contributed by atoms with Crippen molar-refractivity contribution in [3.05, 3.63) is 0 Å². The number of carboxylic acids is 1. The van der Waals surface area contributed by atoms with Crippen molar-refractivity contribution in [3.63, 3.8) is 0 Å². The predicted octanol–water partition coefficient (Wildman–Crippen LogP) is 0.701. The van der Waals surface area contributed by atoms with Crippen molar-refractivity contribution in [2.75, 3.05) is 0 Å². The van der Waals surface area contributed by atoms with Crippen molar-refractivity contribution in [2.24, 2.45) is 5.92 Å². The first-order valence-electron chi connectivity index (χ1n) is 6.07. The highest BCUT2D eigenvalue weighted by Gasteiger charge is 2.65. The minimum Gasteiger partial charge on any atom is -0.480 e. The summed E-state index contributed by atoms with van der Waals surface area (Å²) in [7, 11) is 0. The Labute approximate surface area is 115 Å². The maximum absolute atomic E-state index is 12.1. The van der Waals surface area contributed by atoms with Crippen LogP contribution in [0.3, 0.4) is 0 Å². The Morgan fingerprint density at radius 2 is 2.05 bits per heavy atom. The van der Waals surface area contributed by atoms with Crippen LogP contribution in [0.2, 0.25) is 0 Å². The molecule has 4 atom stereocenters. The molecule has 2 unspecified atom stereocenters. The van der Waals surface area contributed by atoms with E-state index in [9.17, 15) is 19.5 Å². The van der Waals surface area contributed by atoms with Gasteiger partial charge in [-0.1, -0.05) is 0 Å². The first-order valence-corrected chi connectivity index (χ1v) is 6.95. The molecule has 2 aliphatic rings. The molecule has 2 aliphatic heterocycles. The Hall–Kier alpha value is -1.24. The lowest BCUT2D eigenvalue weighted by Gasteiger charge is -2.45. The maximum atomic E-state index is 12.1. The Balaban J connectivity index is 2.19. The van der Waals surface area contributed by atoms with Gasteiger partial charge in [0.15, 0.2) is 0 Å². The minimum atomic E-state index is -0.994. The summed E-state index contributed by atoms with van der Waals surface area (Å²) in [5.41, 5.74) is 0. The second-order valence-corrected chi connectivity index (χ2v) is 7.21. The van der Waals surface area contributed by atoms with Gasteiger partial charge in [-0.15, -0.1) is 11.8 Å². The fourth-order valence-corrected chi connectivity index (χ4v) is 4.60. The number of aliphatic carboxylic acids is 1. The van der Waals surface area contributed by atoms with Gasteiger partial charge in [0.25, 0.3) is 0 Å². The molecule has 2 saturated heterocycles. The van der Waals surface area contributed by atoms with Crippen LogP contribution in [-0.4, -0.2) is 50.1 Å². The quantitative estimate of drug-likeness (QED) is 0.607. The first kappa shape index (κ1) is 14.2. The van der Waals surface area contributed by atoms with Crippen molar-refractivity contribution in [1.82, 2.24) is 4.90 Å². The highest BCUT2D eigenvalue weighted by atomic mass is 32.2. The second-order valence-electron chi connectivity index (χ2n) is 5.44. The summed E-state index contributed by atoms with van der Waals surface area (Å²) in [6.07, 6.45) is -0.526. The molecule has 0 aromatic heterocycles. The lowest BCUT2D eigenvalue weighted by Crippen LogP contribution is -2.65. The van der Waals surface area contributed by atoms with Gasteiger partial charge >= 0.3 is 11.9 Å². The largest absolute Gasteiger partial charge is 0.480 e. The van der Waals surface area contributed by atoms with Crippen LogP contribution in [0.1, 0.15) is 27.7 Å². The Morgan fingerprint density at radius 3 is 2.53 bits per heavy atom. The summed E-state index contributed by atoms with van der Waals surface area (Å²) in [5.74, 6) is -2.12. The number of amides is 1. The van der Waals surface area contributed by atoms with Gasteiger partial charge in [0.05, 0.1) is 5.37 Å². The van der Waals surface area contributed by atoms with E-state index < -0.39 is 34.7 Å². The number of hydrogen-bond acceptors (Lipinski definition) is 5. The van der Waals surface area contributed by atoms with Crippen LogP contribution in [0.5, 0.6) is 0 Å². The van der Waals surface area contributed by atoms with E-state index >= 15 is 0 Å². The van der Waals surface area contributed by atoms with Gasteiger partial charge in [-0.25, -0.2) is 4.79 Å². The fraction of sp³-hybridized carbons (Fsp3) is 0.750. The van der Waals surface area contributed by atoms with E-state index in [1.807, 2.05) is 13.8 Å². The summed E-state index contributed by atoms with van der Waals surface area (Å²) in [4.78, 5) is 35.8. The zero-order chi connectivity index (χ0) is 14.5. The molecule has 0 bridgehead atoms. The Bertz CT molecular complexity index is 449. The third kappa shape index (κ3) is 2.09. The third-order valence-electron chi connectivity index (χ3n) is 3.57. The number of carbonyl (C=O) groups is 3. The van der Waals surface area contributed by atoms with Gasteiger partial charge < -0.3 is 14.7 Å². The first-order chi connectivity index (χ1) is 8.66. The predicted molar refractivity (Wildman–Crippen MR) is 68.4 cm³/mol. The summed E-state index contributed by atoms with van der Waals surface area (Å²) in [6.45, 7) is 6.59. The van der Waals surface area contributed by atoms with Crippen molar-refractivity contribution >= 4 is 29.6 Å². The molecule has 6 nitrogen and oxygen atoms in total. The molecular formula is C12H17NO5S. The summed E-state index contributed by atoms with van der Waals surface area (Å²) >= 11 is 1.45. The third-order valence-corrected chi connectivity index (χ3v) is 5.17. The molecule has 2 heterocycles. The Morgan fingerprint density at radius 1 is 1.47 bits per heavy atom. The van der Waals surface area contributed by atoms with Gasteiger partial charge in [-0.3, -0.25) is 9.59 Å². The molecule has 106 valence electrons. The van der Waals surface area contributed by atoms with E-state index in [2.05, 4.69) is 0 Å². The molecule has 1 amide bonds. The van der Waals surface area contributed by atoms with Crippen molar-refractivity contribution < 1.29 is 24.2 Å². The monoisotopic (exact) mass is 287 g/mol. The molecule has 0 radical (unpaired) electrons. The number of thioether (sulfide) groups is 1. The van der Waals surface area contributed by atoms with Crippen LogP contribution in [0.15, 0.2) is 0 Å². The number of β-lactam (4-membered cyclic amide) rings is 1. The summed E-state index contributed by atoms with van der Waals surface area (Å²) < 4.78 is 4.50. The lowest BCUT2D eigenvalue weighted by molar-refractivity contribution is -0.173. The number of nitrogens with zero attached hydrogens (tertiary/aromatic N) is 1. The normalized spacial score (nSPS) is 33.4. The number of ether oxygens (including phenoxy) is 1. The highest BCUT2D eigenvalue weighted by molar-refractivity contribution is 8.01. The van der Waals surface area contributed by atoms with Crippen LogP contribution in [0.4, 0.5) is 0 Å². The number of esters is 1. The zero-order valence-electron chi connectivity index (χ0n) is 11.2. The highest BCUT2D eigenvalue weighted by Crippen LogP contribution is 2.54. The van der Waals surface area contributed by atoms with E-state index in [-0.39, 0.29) is 11.3 Å². The van der Waals surface area contributed by atoms with Crippen LogP contribution < -0.4 is 0 Å². The number of rotatable bonds is 3. The topological polar surface area (TPSA) is 83.9 Å². The zero-order valence-corrected chi connectivity index (χ0v) is 12.1. The number of hydrogen-bond donors (Lipinski definition) is 1. The van der Waals surface area contributed by atoms with Gasteiger partial charge in [-0.2, -0.15) is 0 Å². The van der Waals surface area contributed by atoms with Gasteiger partial charge in [0.2, 0.25) is 5.91 Å². The summed E-state index contributed by atoms with van der Waals surface area (Å²) in [5, 5.41) is 9.04. The van der Waals surface area contributed by atoms with E-state index in [0.29, 0.717) is 0 Å². The lowest BCUT2D eigenvalue weighted by atomic mass is 9.88. The average molecular weight is 287 g/mol. The molecule has 0 aromatic rings. The molecule has 2 fully saturated rings. The van der Waals surface area contributed by atoms with Crippen molar-refractivity contribution in [2.45, 2.75) is 50.0 Å². The molecule has 0 saturated carbocycles. The van der Waals surface area contributed by atoms with Crippen LogP contribution >= 0.6 is 11.8 Å². The smallest absolute Gasteiger partial charge is 0.327 e. The minimum absolute atomic E-state index is 0.224. The van der Waals surface area contributed by atoms with Crippen LogP contribution in [0.25, 0.3) is 0 Å². The van der Waals surface area contributed by atoms with Crippen LogP contribution in [-0.2, 0) is 19.1 Å².